The van der Waals surface area contributed by atoms with E-state index in [0.717, 1.165) is 5.39 Å². The van der Waals surface area contributed by atoms with Gasteiger partial charge in [0.2, 0.25) is 0 Å². The van der Waals surface area contributed by atoms with Crippen molar-refractivity contribution in [2.45, 2.75) is 33.3 Å². The van der Waals surface area contributed by atoms with Crippen molar-refractivity contribution >= 4 is 27.9 Å². The third-order valence-electron chi connectivity index (χ3n) is 3.98. The Morgan fingerprint density at radius 1 is 1.17 bits per heavy atom. The van der Waals surface area contributed by atoms with Crippen molar-refractivity contribution in [2.24, 2.45) is 0 Å². The summed E-state index contributed by atoms with van der Waals surface area (Å²) < 4.78 is 16.7. The maximum atomic E-state index is 12.0. The second kappa shape index (κ2) is 5.67. The van der Waals surface area contributed by atoms with E-state index in [1.807, 2.05) is 6.07 Å². The van der Waals surface area contributed by atoms with Crippen LogP contribution in [0.15, 0.2) is 55.6 Å². The first-order chi connectivity index (χ1) is 11.3. The summed E-state index contributed by atoms with van der Waals surface area (Å²) >= 11 is 0. The number of hydrogen-bond acceptors (Lipinski definition) is 5. The number of benzene rings is 1. The molecule has 0 saturated carbocycles. The average molecular weight is 326 g/mol. The highest BCUT2D eigenvalue weighted by Gasteiger charge is 2.30. The van der Waals surface area contributed by atoms with Gasteiger partial charge in [0.05, 0.1) is 5.39 Å². The van der Waals surface area contributed by atoms with E-state index in [0.29, 0.717) is 27.9 Å². The van der Waals surface area contributed by atoms with E-state index < -0.39 is 17.2 Å². The summed E-state index contributed by atoms with van der Waals surface area (Å²) in [6.45, 7) is 6.98. The van der Waals surface area contributed by atoms with Gasteiger partial charge in [0.15, 0.2) is 5.60 Å². The molecule has 0 aliphatic carbocycles. The van der Waals surface area contributed by atoms with Gasteiger partial charge in [-0.1, -0.05) is 6.08 Å². The molecule has 2 aromatic heterocycles. The summed E-state index contributed by atoms with van der Waals surface area (Å²) in [6.07, 6.45) is 1.69. The second-order valence-corrected chi connectivity index (χ2v) is 6.13. The van der Waals surface area contributed by atoms with Crippen LogP contribution in [0.3, 0.4) is 0 Å². The van der Waals surface area contributed by atoms with E-state index in [-0.39, 0.29) is 0 Å². The van der Waals surface area contributed by atoms with Gasteiger partial charge in [0.25, 0.3) is 0 Å². The maximum Gasteiger partial charge on any atom is 0.336 e. The summed E-state index contributed by atoms with van der Waals surface area (Å²) in [4.78, 5) is 23.6. The molecule has 0 spiro atoms. The third-order valence-corrected chi connectivity index (χ3v) is 3.98. The predicted molar refractivity (Wildman–Crippen MR) is 90.8 cm³/mol. The number of rotatable bonds is 3. The van der Waals surface area contributed by atoms with Gasteiger partial charge in [0.1, 0.15) is 16.9 Å². The summed E-state index contributed by atoms with van der Waals surface area (Å²) in [5.41, 5.74) is 0.171. The van der Waals surface area contributed by atoms with Gasteiger partial charge < -0.3 is 13.6 Å². The van der Waals surface area contributed by atoms with Crippen LogP contribution in [0, 0.1) is 0 Å². The van der Waals surface area contributed by atoms with Gasteiger partial charge in [-0.3, -0.25) is 0 Å². The Labute approximate surface area is 138 Å². The molecule has 2 heterocycles. The predicted octanol–water partition coefficient (Wildman–Crippen LogP) is 4.28. The highest BCUT2D eigenvalue weighted by Crippen LogP contribution is 2.34. The molecule has 3 aromatic rings. The Morgan fingerprint density at radius 3 is 2.58 bits per heavy atom. The topological polar surface area (TPSA) is 69.7 Å². The Balaban J connectivity index is 2.10. The van der Waals surface area contributed by atoms with E-state index in [1.165, 1.54) is 6.07 Å². The number of hydrogen-bond donors (Lipinski definition) is 0. The summed E-state index contributed by atoms with van der Waals surface area (Å²) in [5.74, 6) is 0.0769. The lowest BCUT2D eigenvalue weighted by molar-refractivity contribution is -0.154. The zero-order chi connectivity index (χ0) is 17.5. The standard InChI is InChI=1S/C19H18O5/c1-5-11(2)18(21)24-19(3,4)15-10-13-14(22-15)8-6-12-7-9-16(20)23-17(12)13/h5-10H,1-4H3/b11-5-. The van der Waals surface area contributed by atoms with Crippen LogP contribution >= 0.6 is 0 Å². The van der Waals surface area contributed by atoms with E-state index in [2.05, 4.69) is 0 Å². The highest BCUT2D eigenvalue weighted by molar-refractivity contribution is 6.02. The monoisotopic (exact) mass is 326 g/mol. The van der Waals surface area contributed by atoms with Crippen LogP contribution in [0.4, 0.5) is 0 Å². The number of fused-ring (bicyclic) bond motifs is 3. The number of carbonyl (C=O) groups excluding carboxylic acids is 1. The summed E-state index contributed by atoms with van der Waals surface area (Å²) in [6, 6.07) is 8.45. The molecule has 0 unspecified atom stereocenters. The smallest absolute Gasteiger partial charge is 0.336 e. The van der Waals surface area contributed by atoms with E-state index >= 15 is 0 Å². The fourth-order valence-corrected chi connectivity index (χ4v) is 2.42. The van der Waals surface area contributed by atoms with Crippen LogP contribution in [0.1, 0.15) is 33.5 Å². The first kappa shape index (κ1) is 16.1. The lowest BCUT2D eigenvalue weighted by Gasteiger charge is -2.22. The minimum atomic E-state index is -0.957. The van der Waals surface area contributed by atoms with Gasteiger partial charge in [0, 0.05) is 17.0 Å². The van der Waals surface area contributed by atoms with Crippen molar-refractivity contribution in [2.75, 3.05) is 0 Å². The summed E-state index contributed by atoms with van der Waals surface area (Å²) in [7, 11) is 0. The van der Waals surface area contributed by atoms with Gasteiger partial charge in [-0.05, 0) is 52.0 Å². The normalized spacial score (nSPS) is 12.8. The number of carbonyl (C=O) groups is 1. The Kier molecular flexibility index (Phi) is 3.79. The van der Waals surface area contributed by atoms with Crippen LogP contribution in [0.25, 0.3) is 21.9 Å². The minimum absolute atomic E-state index is 0.403. The van der Waals surface area contributed by atoms with Gasteiger partial charge in [-0.25, -0.2) is 9.59 Å². The number of esters is 1. The molecule has 0 N–H and O–H groups in total. The quantitative estimate of drug-likeness (QED) is 0.408. The van der Waals surface area contributed by atoms with Crippen LogP contribution in [0.2, 0.25) is 0 Å². The Bertz CT molecular complexity index is 1020. The number of ether oxygens (including phenoxy) is 1. The molecule has 5 heteroatoms. The average Bonchev–Trinajstić information content (AvgIpc) is 2.99. The number of furan rings is 1. The van der Waals surface area contributed by atoms with Gasteiger partial charge >= 0.3 is 11.6 Å². The largest absolute Gasteiger partial charge is 0.457 e. The van der Waals surface area contributed by atoms with Crippen molar-refractivity contribution in [3.05, 3.63) is 58.2 Å². The van der Waals surface area contributed by atoms with Crippen molar-refractivity contribution < 1.29 is 18.4 Å². The Hall–Kier alpha value is -2.82. The van der Waals surface area contributed by atoms with Gasteiger partial charge in [-0.15, -0.1) is 0 Å². The molecule has 0 aliphatic heterocycles. The second-order valence-electron chi connectivity index (χ2n) is 6.13. The van der Waals surface area contributed by atoms with Crippen LogP contribution in [0.5, 0.6) is 0 Å². The molecule has 124 valence electrons. The zero-order valence-corrected chi connectivity index (χ0v) is 14.0. The molecule has 1 aromatic carbocycles. The highest BCUT2D eigenvalue weighted by atomic mass is 16.6. The molecular weight excluding hydrogens is 308 g/mol. The van der Waals surface area contributed by atoms with Crippen molar-refractivity contribution in [3.63, 3.8) is 0 Å². The lowest BCUT2D eigenvalue weighted by atomic mass is 10.1. The van der Waals surface area contributed by atoms with Crippen LogP contribution < -0.4 is 5.63 Å². The summed E-state index contributed by atoms with van der Waals surface area (Å²) in [5, 5.41) is 1.47. The SMILES string of the molecule is C/C=C(/C)C(=O)OC(C)(C)c1cc2c(ccc3ccc(=O)oc32)o1. The fraction of sp³-hybridized carbons (Fsp3) is 0.263. The molecule has 24 heavy (non-hydrogen) atoms. The van der Waals surface area contributed by atoms with Gasteiger partial charge in [-0.2, -0.15) is 0 Å². The molecular formula is C19H18O5. The van der Waals surface area contributed by atoms with Crippen molar-refractivity contribution in [1.29, 1.82) is 0 Å². The number of allylic oxidation sites excluding steroid dienone is 1. The van der Waals surface area contributed by atoms with Crippen molar-refractivity contribution in [3.8, 4) is 0 Å². The maximum absolute atomic E-state index is 12.0. The third kappa shape index (κ3) is 2.73. The molecule has 0 saturated heterocycles. The molecule has 0 fully saturated rings. The molecule has 5 nitrogen and oxygen atoms in total. The van der Waals surface area contributed by atoms with E-state index in [9.17, 15) is 9.59 Å². The first-order valence-corrected chi connectivity index (χ1v) is 7.65. The molecule has 0 amide bonds. The minimum Gasteiger partial charge on any atom is -0.457 e. The molecule has 0 bridgehead atoms. The van der Waals surface area contributed by atoms with Crippen molar-refractivity contribution in [1.82, 2.24) is 0 Å². The van der Waals surface area contributed by atoms with E-state index in [1.54, 1.807) is 52.0 Å². The fourth-order valence-electron chi connectivity index (χ4n) is 2.42. The lowest BCUT2D eigenvalue weighted by Crippen LogP contribution is -2.25. The first-order valence-electron chi connectivity index (χ1n) is 7.65. The van der Waals surface area contributed by atoms with Crippen LogP contribution in [-0.2, 0) is 15.1 Å². The zero-order valence-electron chi connectivity index (χ0n) is 14.0. The Morgan fingerprint density at radius 2 is 1.88 bits per heavy atom. The molecule has 0 radical (unpaired) electrons. The van der Waals surface area contributed by atoms with E-state index in [4.69, 9.17) is 13.6 Å². The molecule has 3 rings (SSSR count). The molecule has 0 atom stereocenters. The molecule has 0 aliphatic rings. The van der Waals surface area contributed by atoms with Crippen LogP contribution in [-0.4, -0.2) is 5.97 Å².